The summed E-state index contributed by atoms with van der Waals surface area (Å²) in [7, 11) is 0. The lowest BCUT2D eigenvalue weighted by molar-refractivity contribution is -0.0884. The van der Waals surface area contributed by atoms with Crippen molar-refractivity contribution in [2.75, 3.05) is 32.8 Å². The predicted octanol–water partition coefficient (Wildman–Crippen LogP) is 5.96. The highest BCUT2D eigenvalue weighted by molar-refractivity contribution is 6.13. The van der Waals surface area contributed by atoms with E-state index in [9.17, 15) is 18.0 Å². The molecule has 0 atom stereocenters. The molecule has 1 aromatic heterocycles. The number of carbonyl (C=O) groups is 1. The van der Waals surface area contributed by atoms with Gasteiger partial charge in [0.05, 0.1) is 24.3 Å². The van der Waals surface area contributed by atoms with E-state index in [0.29, 0.717) is 37.2 Å². The quantitative estimate of drug-likeness (QED) is 0.285. The van der Waals surface area contributed by atoms with E-state index in [1.807, 2.05) is 34.9 Å². The molecule has 0 saturated carbocycles. The van der Waals surface area contributed by atoms with Crippen LogP contribution in [0.3, 0.4) is 0 Å². The van der Waals surface area contributed by atoms with Crippen LogP contribution in [-0.4, -0.2) is 54.3 Å². The Morgan fingerprint density at radius 1 is 0.833 bits per heavy atom. The van der Waals surface area contributed by atoms with Crippen molar-refractivity contribution in [1.82, 2.24) is 9.47 Å². The Morgan fingerprint density at radius 3 is 2.28 bits per heavy atom. The SMILES string of the molecule is O=C(c1cn(CCN2CCOCC2)c2c(-c3cccc4c3Cc3ccccc3-4)cccc12)C(F)(F)F. The third-order valence-corrected chi connectivity index (χ3v) is 7.30. The summed E-state index contributed by atoms with van der Waals surface area (Å²) in [4.78, 5) is 14.7. The average Bonchev–Trinajstić information content (AvgIpc) is 3.45. The molecular weight excluding hydrogens is 465 g/mol. The van der Waals surface area contributed by atoms with E-state index in [0.717, 1.165) is 41.8 Å². The number of carbonyl (C=O) groups excluding carboxylic acids is 1. The van der Waals surface area contributed by atoms with E-state index < -0.39 is 12.0 Å². The van der Waals surface area contributed by atoms with E-state index >= 15 is 0 Å². The van der Waals surface area contributed by atoms with Crippen LogP contribution in [0, 0.1) is 0 Å². The summed E-state index contributed by atoms with van der Waals surface area (Å²) in [6.07, 6.45) is -2.78. The van der Waals surface area contributed by atoms with Gasteiger partial charge < -0.3 is 9.30 Å². The maximum atomic E-state index is 13.5. The van der Waals surface area contributed by atoms with Crippen LogP contribution in [0.15, 0.2) is 66.9 Å². The van der Waals surface area contributed by atoms with E-state index in [4.69, 9.17) is 4.74 Å². The second-order valence-electron chi connectivity index (χ2n) is 9.38. The number of alkyl halides is 3. The molecule has 4 aromatic rings. The molecule has 2 aliphatic rings. The number of morpholine rings is 1. The van der Waals surface area contributed by atoms with Crippen molar-refractivity contribution in [2.45, 2.75) is 19.1 Å². The number of Topliss-reactive ketones (excluding diaryl/α,β-unsaturated/α-hetero) is 1. The number of nitrogens with zero attached hydrogens (tertiary/aromatic N) is 2. The van der Waals surface area contributed by atoms with Crippen molar-refractivity contribution >= 4 is 16.7 Å². The highest BCUT2D eigenvalue weighted by atomic mass is 19.4. The first-order valence-corrected chi connectivity index (χ1v) is 12.2. The zero-order valence-corrected chi connectivity index (χ0v) is 19.6. The summed E-state index contributed by atoms with van der Waals surface area (Å²) in [5.41, 5.74) is 6.96. The van der Waals surface area contributed by atoms with Crippen molar-refractivity contribution in [3.8, 4) is 22.3 Å². The van der Waals surface area contributed by atoms with Crippen molar-refractivity contribution in [1.29, 1.82) is 0 Å². The number of para-hydroxylation sites is 1. The van der Waals surface area contributed by atoms with Crippen molar-refractivity contribution in [3.63, 3.8) is 0 Å². The molecule has 4 nitrogen and oxygen atoms in total. The van der Waals surface area contributed by atoms with Crippen molar-refractivity contribution < 1.29 is 22.7 Å². The third kappa shape index (κ3) is 3.92. The summed E-state index contributed by atoms with van der Waals surface area (Å²) < 4.78 is 47.8. The topological polar surface area (TPSA) is 34.5 Å². The smallest absolute Gasteiger partial charge is 0.379 e. The summed E-state index contributed by atoms with van der Waals surface area (Å²) in [6, 6.07) is 19.7. The fraction of sp³-hybridized carbons (Fsp3) is 0.276. The molecule has 0 amide bonds. The zero-order chi connectivity index (χ0) is 24.9. The highest BCUT2D eigenvalue weighted by Crippen LogP contribution is 2.43. The monoisotopic (exact) mass is 490 g/mol. The fourth-order valence-electron chi connectivity index (χ4n) is 5.57. The molecule has 1 fully saturated rings. The Bertz CT molecular complexity index is 1470. The molecule has 3 aromatic carbocycles. The van der Waals surface area contributed by atoms with Crippen LogP contribution in [0.1, 0.15) is 21.5 Å². The third-order valence-electron chi connectivity index (χ3n) is 7.30. The van der Waals surface area contributed by atoms with Crippen molar-refractivity contribution in [2.24, 2.45) is 0 Å². The van der Waals surface area contributed by atoms with E-state index in [-0.39, 0.29) is 5.56 Å². The van der Waals surface area contributed by atoms with Gasteiger partial charge in [-0.2, -0.15) is 13.2 Å². The van der Waals surface area contributed by atoms with Crippen LogP contribution in [0.4, 0.5) is 13.2 Å². The molecule has 1 saturated heterocycles. The van der Waals surface area contributed by atoms with Gasteiger partial charge in [0, 0.05) is 43.3 Å². The average molecular weight is 491 g/mol. The van der Waals surface area contributed by atoms with Crippen LogP contribution in [0.5, 0.6) is 0 Å². The van der Waals surface area contributed by atoms with Gasteiger partial charge in [-0.1, -0.05) is 60.7 Å². The van der Waals surface area contributed by atoms with E-state index in [2.05, 4.69) is 23.1 Å². The van der Waals surface area contributed by atoms with Crippen molar-refractivity contribution in [3.05, 3.63) is 83.6 Å². The molecule has 0 unspecified atom stereocenters. The molecule has 6 rings (SSSR count). The summed E-state index contributed by atoms with van der Waals surface area (Å²) >= 11 is 0. The Hall–Kier alpha value is -3.42. The Labute approximate surface area is 206 Å². The number of ketones is 1. The van der Waals surface area contributed by atoms with E-state index in [1.54, 1.807) is 12.1 Å². The van der Waals surface area contributed by atoms with Gasteiger partial charge in [-0.25, -0.2) is 0 Å². The van der Waals surface area contributed by atoms with Crippen LogP contribution in [-0.2, 0) is 17.7 Å². The van der Waals surface area contributed by atoms with Gasteiger partial charge in [0.15, 0.2) is 0 Å². The summed E-state index contributed by atoms with van der Waals surface area (Å²) in [5.74, 6) is -1.81. The fourth-order valence-corrected chi connectivity index (χ4v) is 5.57. The number of hydrogen-bond donors (Lipinski definition) is 0. The molecule has 7 heteroatoms. The predicted molar refractivity (Wildman–Crippen MR) is 133 cm³/mol. The molecule has 0 spiro atoms. The Morgan fingerprint density at radius 2 is 1.50 bits per heavy atom. The molecule has 0 N–H and O–H groups in total. The molecule has 0 bridgehead atoms. The molecular formula is C29H25F3N2O2. The number of halogens is 3. The standard InChI is InChI=1S/C29H25F3N2O2/c30-29(31,32)28(35)26-18-34(12-11-33-13-15-36-16-14-33)27-23(9-4-10-24(26)27)22-8-3-7-21-20-6-2-1-5-19(20)17-25(21)22/h1-10,18H,11-17H2. The number of benzene rings is 3. The normalized spacial score (nSPS) is 15.8. The first-order valence-electron chi connectivity index (χ1n) is 12.2. The second kappa shape index (κ2) is 8.91. The summed E-state index contributed by atoms with van der Waals surface area (Å²) in [5, 5.41) is 0.338. The first kappa shape index (κ1) is 23.0. The lowest BCUT2D eigenvalue weighted by atomic mass is 9.93. The summed E-state index contributed by atoms with van der Waals surface area (Å²) in [6.45, 7) is 4.00. The molecule has 0 radical (unpaired) electrons. The van der Waals surface area contributed by atoms with Crippen LogP contribution >= 0.6 is 0 Å². The number of ether oxygens (including phenoxy) is 1. The maximum absolute atomic E-state index is 13.5. The largest absolute Gasteiger partial charge is 0.454 e. The number of hydrogen-bond acceptors (Lipinski definition) is 3. The van der Waals surface area contributed by atoms with Gasteiger partial charge in [0.1, 0.15) is 0 Å². The zero-order valence-electron chi connectivity index (χ0n) is 19.6. The minimum Gasteiger partial charge on any atom is -0.379 e. The van der Waals surface area contributed by atoms with Gasteiger partial charge in [-0.3, -0.25) is 9.69 Å². The lowest BCUT2D eigenvalue weighted by Crippen LogP contribution is -2.38. The number of rotatable bonds is 5. The molecule has 36 heavy (non-hydrogen) atoms. The highest BCUT2D eigenvalue weighted by Gasteiger charge is 2.41. The molecule has 1 aliphatic carbocycles. The second-order valence-corrected chi connectivity index (χ2v) is 9.38. The van der Waals surface area contributed by atoms with E-state index in [1.165, 1.54) is 17.3 Å². The minimum absolute atomic E-state index is 0.294. The van der Waals surface area contributed by atoms with Gasteiger partial charge in [0.25, 0.3) is 5.78 Å². The van der Waals surface area contributed by atoms with Gasteiger partial charge in [-0.15, -0.1) is 0 Å². The molecule has 1 aliphatic heterocycles. The lowest BCUT2D eigenvalue weighted by Gasteiger charge is -2.26. The molecule has 2 heterocycles. The van der Waals surface area contributed by atoms with Gasteiger partial charge >= 0.3 is 6.18 Å². The molecule has 184 valence electrons. The Kier molecular flexibility index (Phi) is 5.69. The first-order chi connectivity index (χ1) is 17.4. The van der Waals surface area contributed by atoms with Crippen LogP contribution < -0.4 is 0 Å². The minimum atomic E-state index is -4.94. The van der Waals surface area contributed by atoms with Crippen LogP contribution in [0.2, 0.25) is 0 Å². The maximum Gasteiger partial charge on any atom is 0.454 e. The van der Waals surface area contributed by atoms with Gasteiger partial charge in [-0.05, 0) is 34.2 Å². The number of fused-ring (bicyclic) bond motifs is 4. The van der Waals surface area contributed by atoms with Gasteiger partial charge in [0.2, 0.25) is 0 Å². The van der Waals surface area contributed by atoms with Crippen LogP contribution in [0.25, 0.3) is 33.2 Å². The number of aromatic nitrogens is 1. The Balaban J connectivity index is 1.50.